The second-order valence-electron chi connectivity index (χ2n) is 3.07. The minimum atomic E-state index is -2.50. The highest BCUT2D eigenvalue weighted by Crippen LogP contribution is 2.04. The van der Waals surface area contributed by atoms with E-state index in [1.54, 1.807) is 12.1 Å². The van der Waals surface area contributed by atoms with Crippen LogP contribution < -0.4 is 5.32 Å². The second kappa shape index (κ2) is 7.13. The summed E-state index contributed by atoms with van der Waals surface area (Å²) in [4.78, 5) is 15.3. The van der Waals surface area contributed by atoms with Crippen LogP contribution in [0.2, 0.25) is 5.15 Å². The maximum absolute atomic E-state index is 11.7. The van der Waals surface area contributed by atoms with E-state index in [4.69, 9.17) is 11.6 Å². The van der Waals surface area contributed by atoms with Crippen molar-refractivity contribution in [2.24, 2.45) is 0 Å². The fourth-order valence-electron chi connectivity index (χ4n) is 1.03. The van der Waals surface area contributed by atoms with Crippen molar-refractivity contribution in [2.75, 3.05) is 19.8 Å². The zero-order valence-corrected chi connectivity index (χ0v) is 9.58. The first-order valence-corrected chi connectivity index (χ1v) is 5.24. The number of ether oxygens (including phenoxy) is 1. The Morgan fingerprint density at radius 2 is 2.29 bits per heavy atom. The fraction of sp³-hybridized carbons (Fsp3) is 0.400. The molecule has 0 radical (unpaired) electrons. The Kier molecular flexibility index (Phi) is 5.79. The Hall–Kier alpha value is -1.27. The summed E-state index contributed by atoms with van der Waals surface area (Å²) in [7, 11) is 0. The number of nitrogens with one attached hydrogen (secondary N) is 1. The highest BCUT2D eigenvalue weighted by atomic mass is 35.5. The minimum Gasteiger partial charge on any atom is -0.374 e. The molecule has 0 aliphatic heterocycles. The van der Waals surface area contributed by atoms with Gasteiger partial charge in [-0.05, 0) is 12.1 Å². The van der Waals surface area contributed by atoms with Crippen molar-refractivity contribution < 1.29 is 18.3 Å². The van der Waals surface area contributed by atoms with Gasteiger partial charge in [-0.25, -0.2) is 13.8 Å². The Bertz CT molecular complexity index is 377. The molecule has 7 heteroatoms. The van der Waals surface area contributed by atoms with Gasteiger partial charge in [-0.1, -0.05) is 17.7 Å². The molecule has 0 aliphatic rings. The summed E-state index contributed by atoms with van der Waals surface area (Å²) < 4.78 is 28.0. The third-order valence-corrected chi connectivity index (χ3v) is 1.93. The van der Waals surface area contributed by atoms with Gasteiger partial charge in [0.1, 0.15) is 17.5 Å². The number of carbonyl (C=O) groups is 1. The lowest BCUT2D eigenvalue weighted by Gasteiger charge is -2.05. The highest BCUT2D eigenvalue weighted by Gasteiger charge is 2.07. The molecule has 0 fully saturated rings. The maximum atomic E-state index is 11.7. The zero-order valence-electron chi connectivity index (χ0n) is 8.83. The van der Waals surface area contributed by atoms with Gasteiger partial charge in [0.25, 0.3) is 12.3 Å². The molecule has 0 spiro atoms. The molecular formula is C10H11ClF2N2O2. The van der Waals surface area contributed by atoms with Crippen molar-refractivity contribution in [3.63, 3.8) is 0 Å². The van der Waals surface area contributed by atoms with Crippen LogP contribution in [0.3, 0.4) is 0 Å². The van der Waals surface area contributed by atoms with Crippen molar-refractivity contribution in [1.29, 1.82) is 0 Å². The van der Waals surface area contributed by atoms with E-state index in [2.05, 4.69) is 15.0 Å². The van der Waals surface area contributed by atoms with Crippen LogP contribution in [-0.2, 0) is 4.74 Å². The average molecular weight is 265 g/mol. The molecular weight excluding hydrogens is 254 g/mol. The number of alkyl halides is 2. The van der Waals surface area contributed by atoms with Crippen LogP contribution in [-0.4, -0.2) is 37.1 Å². The number of amides is 1. The lowest BCUT2D eigenvalue weighted by Crippen LogP contribution is -2.28. The lowest BCUT2D eigenvalue weighted by molar-refractivity contribution is 0.0188. The molecule has 94 valence electrons. The summed E-state index contributed by atoms with van der Waals surface area (Å²) >= 11 is 5.61. The number of hydrogen-bond donors (Lipinski definition) is 1. The van der Waals surface area contributed by atoms with E-state index >= 15 is 0 Å². The summed E-state index contributed by atoms with van der Waals surface area (Å²) in [6.07, 6.45) is -2.50. The topological polar surface area (TPSA) is 51.2 Å². The van der Waals surface area contributed by atoms with Gasteiger partial charge in [0.2, 0.25) is 0 Å². The molecule has 0 saturated carbocycles. The minimum absolute atomic E-state index is 0.0245. The second-order valence-corrected chi connectivity index (χ2v) is 3.45. The molecule has 17 heavy (non-hydrogen) atoms. The Morgan fingerprint density at radius 1 is 1.53 bits per heavy atom. The van der Waals surface area contributed by atoms with Crippen LogP contribution in [0, 0.1) is 0 Å². The molecule has 4 nitrogen and oxygen atoms in total. The van der Waals surface area contributed by atoms with E-state index in [0.717, 1.165) is 0 Å². The van der Waals surface area contributed by atoms with E-state index in [-0.39, 0.29) is 24.0 Å². The summed E-state index contributed by atoms with van der Waals surface area (Å²) in [5.74, 6) is -0.423. The molecule has 0 aromatic carbocycles. The largest absolute Gasteiger partial charge is 0.374 e. The van der Waals surface area contributed by atoms with Gasteiger partial charge in [0.15, 0.2) is 0 Å². The van der Waals surface area contributed by atoms with Gasteiger partial charge in [-0.3, -0.25) is 4.79 Å². The Balaban J connectivity index is 2.26. The number of carbonyl (C=O) groups excluding carboxylic acids is 1. The highest BCUT2D eigenvalue weighted by molar-refractivity contribution is 6.29. The zero-order chi connectivity index (χ0) is 12.7. The number of pyridine rings is 1. The van der Waals surface area contributed by atoms with Crippen molar-refractivity contribution in [1.82, 2.24) is 10.3 Å². The Morgan fingerprint density at radius 3 is 2.94 bits per heavy atom. The van der Waals surface area contributed by atoms with Gasteiger partial charge >= 0.3 is 0 Å². The first-order valence-electron chi connectivity index (χ1n) is 4.86. The summed E-state index contributed by atoms with van der Waals surface area (Å²) in [5.41, 5.74) is 0.173. The van der Waals surface area contributed by atoms with Gasteiger partial charge in [-0.15, -0.1) is 0 Å². The Labute approximate surface area is 102 Å². The number of rotatable bonds is 6. The van der Waals surface area contributed by atoms with E-state index < -0.39 is 18.9 Å². The van der Waals surface area contributed by atoms with E-state index in [9.17, 15) is 13.6 Å². The first-order chi connectivity index (χ1) is 8.09. The van der Waals surface area contributed by atoms with Gasteiger partial charge in [-0.2, -0.15) is 0 Å². The summed E-state index contributed by atoms with van der Waals surface area (Å²) in [5, 5.41) is 2.68. The molecule has 1 aromatic heterocycles. The van der Waals surface area contributed by atoms with Crippen molar-refractivity contribution in [2.45, 2.75) is 6.43 Å². The van der Waals surface area contributed by atoms with Crippen LogP contribution in [0.4, 0.5) is 8.78 Å². The van der Waals surface area contributed by atoms with Crippen LogP contribution in [0.5, 0.6) is 0 Å². The standard InChI is InChI=1S/C10H11ClF2N2O2/c11-8-3-1-2-7(15-8)10(16)14-4-5-17-6-9(12)13/h1-3,9H,4-6H2,(H,14,16). The predicted molar refractivity (Wildman–Crippen MR) is 58.4 cm³/mol. The lowest BCUT2D eigenvalue weighted by atomic mass is 10.3. The quantitative estimate of drug-likeness (QED) is 0.629. The van der Waals surface area contributed by atoms with Crippen LogP contribution >= 0.6 is 11.6 Å². The van der Waals surface area contributed by atoms with Crippen molar-refractivity contribution in [3.8, 4) is 0 Å². The van der Waals surface area contributed by atoms with Crippen LogP contribution in [0.15, 0.2) is 18.2 Å². The van der Waals surface area contributed by atoms with Crippen molar-refractivity contribution in [3.05, 3.63) is 29.0 Å². The third-order valence-electron chi connectivity index (χ3n) is 1.72. The average Bonchev–Trinajstić information content (AvgIpc) is 2.28. The molecule has 0 aliphatic carbocycles. The smallest absolute Gasteiger partial charge is 0.270 e. The van der Waals surface area contributed by atoms with Gasteiger partial charge < -0.3 is 10.1 Å². The molecule has 1 rings (SSSR count). The first kappa shape index (κ1) is 13.8. The maximum Gasteiger partial charge on any atom is 0.270 e. The molecule has 1 heterocycles. The molecule has 1 amide bonds. The predicted octanol–water partition coefficient (Wildman–Crippen LogP) is 1.75. The van der Waals surface area contributed by atoms with Crippen LogP contribution in [0.1, 0.15) is 10.5 Å². The number of halogens is 3. The van der Waals surface area contributed by atoms with Crippen LogP contribution in [0.25, 0.3) is 0 Å². The molecule has 0 atom stereocenters. The summed E-state index contributed by atoms with van der Waals surface area (Å²) in [6.45, 7) is -0.471. The van der Waals surface area contributed by atoms with E-state index in [0.29, 0.717) is 0 Å². The third kappa shape index (κ3) is 5.55. The molecule has 0 unspecified atom stereocenters. The number of nitrogens with zero attached hydrogens (tertiary/aromatic N) is 1. The van der Waals surface area contributed by atoms with E-state index in [1.165, 1.54) is 6.07 Å². The monoisotopic (exact) mass is 264 g/mol. The number of aromatic nitrogens is 1. The fourth-order valence-corrected chi connectivity index (χ4v) is 1.20. The van der Waals surface area contributed by atoms with E-state index in [1.807, 2.05) is 0 Å². The molecule has 0 bridgehead atoms. The molecule has 1 aromatic rings. The number of hydrogen-bond acceptors (Lipinski definition) is 3. The van der Waals surface area contributed by atoms with Gasteiger partial charge in [0, 0.05) is 6.54 Å². The molecule has 1 N–H and O–H groups in total. The summed E-state index contributed by atoms with van der Waals surface area (Å²) in [6, 6.07) is 4.64. The SMILES string of the molecule is O=C(NCCOCC(F)F)c1cccc(Cl)n1. The van der Waals surface area contributed by atoms with Crippen molar-refractivity contribution >= 4 is 17.5 Å². The van der Waals surface area contributed by atoms with Gasteiger partial charge in [0.05, 0.1) is 6.61 Å². The molecule has 0 saturated heterocycles. The normalized spacial score (nSPS) is 10.6.